The van der Waals surface area contributed by atoms with E-state index < -0.39 is 0 Å². The second kappa shape index (κ2) is 7.61. The van der Waals surface area contributed by atoms with Crippen LogP contribution in [0.1, 0.15) is 67.2 Å². The molecule has 0 aliphatic carbocycles. The van der Waals surface area contributed by atoms with Gasteiger partial charge in [0.25, 0.3) is 0 Å². The van der Waals surface area contributed by atoms with E-state index in [0.717, 1.165) is 25.9 Å². The Labute approximate surface area is 148 Å². The van der Waals surface area contributed by atoms with Crippen molar-refractivity contribution >= 4 is 6.03 Å². The summed E-state index contributed by atoms with van der Waals surface area (Å²) in [6.07, 6.45) is 4.39. The van der Waals surface area contributed by atoms with Crippen LogP contribution in [0, 0.1) is 5.92 Å². The number of hydrogen-bond donors (Lipinski definition) is 3. The molecule has 0 bridgehead atoms. The Morgan fingerprint density at radius 1 is 1.21 bits per heavy atom. The van der Waals surface area contributed by atoms with E-state index in [9.17, 15) is 4.79 Å². The predicted molar refractivity (Wildman–Crippen MR) is 100 cm³/mol. The van der Waals surface area contributed by atoms with Crippen LogP contribution in [0.15, 0.2) is 0 Å². The maximum absolute atomic E-state index is 12.3. The van der Waals surface area contributed by atoms with E-state index in [0.29, 0.717) is 12.0 Å². The van der Waals surface area contributed by atoms with Gasteiger partial charge in [-0.1, -0.05) is 0 Å². The fourth-order valence-corrected chi connectivity index (χ4v) is 4.63. The van der Waals surface area contributed by atoms with Gasteiger partial charge in [-0.25, -0.2) is 4.79 Å². The average molecular weight is 339 g/mol. The third kappa shape index (κ3) is 5.92. The predicted octanol–water partition coefficient (Wildman–Crippen LogP) is 2.72. The van der Waals surface area contributed by atoms with Crippen LogP contribution in [0.4, 0.5) is 4.79 Å². The molecule has 0 spiro atoms. The van der Waals surface area contributed by atoms with Crippen LogP contribution in [0.25, 0.3) is 0 Å². The summed E-state index contributed by atoms with van der Waals surface area (Å²) < 4.78 is 0. The highest BCUT2D eigenvalue weighted by molar-refractivity contribution is 5.74. The molecule has 3 N–H and O–H groups in total. The van der Waals surface area contributed by atoms with E-state index in [2.05, 4.69) is 62.4 Å². The molecule has 1 unspecified atom stereocenters. The van der Waals surface area contributed by atoms with Crippen LogP contribution >= 0.6 is 0 Å². The second-order valence-corrected chi connectivity index (χ2v) is 9.45. The molecule has 0 aromatic heterocycles. The number of nitrogens with one attached hydrogen (secondary N) is 3. The van der Waals surface area contributed by atoms with Crippen molar-refractivity contribution in [3.8, 4) is 0 Å². The van der Waals surface area contributed by atoms with Crippen molar-refractivity contribution in [2.75, 3.05) is 19.6 Å². The molecule has 24 heavy (non-hydrogen) atoms. The molecule has 5 nitrogen and oxygen atoms in total. The summed E-state index contributed by atoms with van der Waals surface area (Å²) in [5, 5.41) is 9.97. The third-order valence-corrected chi connectivity index (χ3v) is 5.36. The quantitative estimate of drug-likeness (QED) is 0.739. The summed E-state index contributed by atoms with van der Waals surface area (Å²) in [5.74, 6) is 0.577. The molecule has 0 radical (unpaired) electrons. The van der Waals surface area contributed by atoms with Gasteiger partial charge in [0, 0.05) is 36.3 Å². The number of likely N-dealkylation sites (tertiary alicyclic amines) is 1. The third-order valence-electron chi connectivity index (χ3n) is 5.36. The lowest BCUT2D eigenvalue weighted by Gasteiger charge is -2.46. The zero-order valence-electron chi connectivity index (χ0n) is 16.5. The normalized spacial score (nSPS) is 27.9. The largest absolute Gasteiger partial charge is 0.338 e. The molecule has 0 aromatic rings. The number of piperidine rings is 2. The summed E-state index contributed by atoms with van der Waals surface area (Å²) >= 11 is 0. The van der Waals surface area contributed by atoms with E-state index in [4.69, 9.17) is 0 Å². The first-order valence-corrected chi connectivity index (χ1v) is 9.64. The van der Waals surface area contributed by atoms with Gasteiger partial charge < -0.3 is 20.9 Å². The van der Waals surface area contributed by atoms with Gasteiger partial charge in [-0.3, -0.25) is 0 Å². The monoisotopic (exact) mass is 338 g/mol. The first-order valence-electron chi connectivity index (χ1n) is 9.64. The topological polar surface area (TPSA) is 56.4 Å². The summed E-state index contributed by atoms with van der Waals surface area (Å²) in [4.78, 5) is 14.9. The van der Waals surface area contributed by atoms with Gasteiger partial charge in [0.1, 0.15) is 0 Å². The first kappa shape index (κ1) is 19.5. The highest BCUT2D eigenvalue weighted by Gasteiger charge is 2.38. The number of amides is 2. The van der Waals surface area contributed by atoms with Crippen LogP contribution in [0.2, 0.25) is 0 Å². The highest BCUT2D eigenvalue weighted by atomic mass is 16.2. The Kier molecular flexibility index (Phi) is 6.19. The number of rotatable bonds is 4. The van der Waals surface area contributed by atoms with Crippen LogP contribution in [0.5, 0.6) is 0 Å². The van der Waals surface area contributed by atoms with Crippen molar-refractivity contribution in [1.82, 2.24) is 20.9 Å². The number of carbonyl (C=O) groups is 1. The SMILES string of the molecule is CC(C)N1CCCC(CNC(=O)NC2CC(C)(C)NC(C)(C)C2)C1. The zero-order valence-corrected chi connectivity index (χ0v) is 16.5. The van der Waals surface area contributed by atoms with Crippen molar-refractivity contribution in [3.05, 3.63) is 0 Å². The van der Waals surface area contributed by atoms with Gasteiger partial charge in [0.15, 0.2) is 0 Å². The molecule has 2 rings (SSSR count). The molecular formula is C19H38N4O. The maximum atomic E-state index is 12.3. The molecule has 2 fully saturated rings. The Morgan fingerprint density at radius 2 is 1.83 bits per heavy atom. The summed E-state index contributed by atoms with van der Waals surface area (Å²) in [6, 6.07) is 0.825. The molecule has 2 heterocycles. The summed E-state index contributed by atoms with van der Waals surface area (Å²) in [5.41, 5.74) is 0.113. The minimum Gasteiger partial charge on any atom is -0.338 e. The summed E-state index contributed by atoms with van der Waals surface area (Å²) in [6.45, 7) is 16.4. The smallest absolute Gasteiger partial charge is 0.315 e. The average Bonchev–Trinajstić information content (AvgIpc) is 2.42. The lowest BCUT2D eigenvalue weighted by molar-refractivity contribution is 0.136. The van der Waals surface area contributed by atoms with Crippen LogP contribution in [-0.4, -0.2) is 53.7 Å². The van der Waals surface area contributed by atoms with Gasteiger partial charge >= 0.3 is 6.03 Å². The van der Waals surface area contributed by atoms with E-state index in [1.807, 2.05) is 0 Å². The Balaban J connectivity index is 1.77. The Hall–Kier alpha value is -0.810. The van der Waals surface area contributed by atoms with Crippen molar-refractivity contribution in [2.24, 2.45) is 5.92 Å². The van der Waals surface area contributed by atoms with Crippen LogP contribution < -0.4 is 16.0 Å². The standard InChI is InChI=1S/C19H38N4O/c1-14(2)23-9-7-8-15(13-23)12-20-17(24)21-16-10-18(3,4)22-19(5,6)11-16/h14-16,22H,7-13H2,1-6H3,(H2,20,21,24). The maximum Gasteiger partial charge on any atom is 0.315 e. The molecule has 0 saturated carbocycles. The minimum atomic E-state index is -0.00447. The molecule has 5 heteroatoms. The minimum absolute atomic E-state index is 0.00447. The fourth-order valence-electron chi connectivity index (χ4n) is 4.63. The highest BCUT2D eigenvalue weighted by Crippen LogP contribution is 2.28. The molecule has 2 aliphatic heterocycles. The first-order chi connectivity index (χ1) is 11.1. The van der Waals surface area contributed by atoms with Crippen LogP contribution in [0.3, 0.4) is 0 Å². The summed E-state index contributed by atoms with van der Waals surface area (Å²) in [7, 11) is 0. The van der Waals surface area contributed by atoms with Crippen molar-refractivity contribution < 1.29 is 4.79 Å². The number of nitrogens with zero attached hydrogens (tertiary/aromatic N) is 1. The molecule has 1 atom stereocenters. The van der Waals surface area contributed by atoms with E-state index in [1.54, 1.807) is 0 Å². The van der Waals surface area contributed by atoms with Gasteiger partial charge in [-0.05, 0) is 79.7 Å². The van der Waals surface area contributed by atoms with Crippen molar-refractivity contribution in [2.45, 2.75) is 90.4 Å². The number of hydrogen-bond acceptors (Lipinski definition) is 3. The molecule has 2 aliphatic rings. The second-order valence-electron chi connectivity index (χ2n) is 9.45. The van der Waals surface area contributed by atoms with E-state index in [-0.39, 0.29) is 23.2 Å². The van der Waals surface area contributed by atoms with Gasteiger partial charge in [0.2, 0.25) is 0 Å². The van der Waals surface area contributed by atoms with Crippen molar-refractivity contribution in [1.29, 1.82) is 0 Å². The lowest BCUT2D eigenvalue weighted by atomic mass is 9.80. The molecule has 140 valence electrons. The molecule has 2 saturated heterocycles. The Morgan fingerprint density at radius 3 is 2.42 bits per heavy atom. The fraction of sp³-hybridized carbons (Fsp3) is 0.947. The van der Waals surface area contributed by atoms with Gasteiger partial charge in [-0.15, -0.1) is 0 Å². The molecule has 0 aromatic carbocycles. The van der Waals surface area contributed by atoms with E-state index in [1.165, 1.54) is 19.4 Å². The lowest BCUT2D eigenvalue weighted by Crippen LogP contribution is -2.62. The van der Waals surface area contributed by atoms with E-state index >= 15 is 0 Å². The zero-order chi connectivity index (χ0) is 18.0. The number of carbonyl (C=O) groups excluding carboxylic acids is 1. The Bertz CT molecular complexity index is 417. The number of urea groups is 1. The van der Waals surface area contributed by atoms with Gasteiger partial charge in [0.05, 0.1) is 0 Å². The van der Waals surface area contributed by atoms with Crippen molar-refractivity contribution in [3.63, 3.8) is 0 Å². The molecule has 2 amide bonds. The van der Waals surface area contributed by atoms with Crippen LogP contribution in [-0.2, 0) is 0 Å². The molecular weight excluding hydrogens is 300 g/mol. The van der Waals surface area contributed by atoms with Gasteiger partial charge in [-0.2, -0.15) is 0 Å².